The smallest absolute Gasteiger partial charge is 0.138 e. The molecule has 0 radical (unpaired) electrons. The van der Waals surface area contributed by atoms with E-state index in [9.17, 15) is 0 Å². The largest absolute Gasteiger partial charge is 0.252 e. The molecule has 2 nitrogen and oxygen atoms in total. The van der Waals surface area contributed by atoms with E-state index in [1.165, 1.54) is 0 Å². The zero-order valence-corrected chi connectivity index (χ0v) is 14.3. The van der Waals surface area contributed by atoms with Crippen LogP contribution < -0.4 is 0 Å². The van der Waals surface area contributed by atoms with E-state index in [1.807, 2.05) is 29.1 Å². The first kappa shape index (κ1) is 15.9. The van der Waals surface area contributed by atoms with Crippen LogP contribution >= 0.6 is 0 Å². The Morgan fingerprint density at radius 3 is 1.46 bits per heavy atom. The van der Waals surface area contributed by atoms with Crippen LogP contribution in [0, 0.1) is 12.3 Å². The number of hydrogen-bond acceptors (Lipinski definition) is 1. The number of benzene rings is 3. The Morgan fingerprint density at radius 1 is 0.692 bits per heavy atom. The van der Waals surface area contributed by atoms with Gasteiger partial charge in [-0.2, -0.15) is 5.10 Å². The Kier molecular flexibility index (Phi) is 4.13. The second-order valence-corrected chi connectivity index (χ2v) is 6.13. The predicted octanol–water partition coefficient (Wildman–Crippen LogP) is 4.70. The molecule has 4 aromatic rings. The van der Waals surface area contributed by atoms with E-state index < -0.39 is 5.54 Å². The maximum atomic E-state index is 5.62. The topological polar surface area (TPSA) is 17.8 Å². The molecule has 0 aliphatic carbocycles. The van der Waals surface area contributed by atoms with Gasteiger partial charge in [0.05, 0.1) is 11.8 Å². The minimum atomic E-state index is -0.598. The molecule has 0 bridgehead atoms. The zero-order chi connectivity index (χ0) is 17.8. The van der Waals surface area contributed by atoms with Crippen molar-refractivity contribution in [1.29, 1.82) is 0 Å². The summed E-state index contributed by atoms with van der Waals surface area (Å²) in [6.07, 6.45) is 9.30. The van der Waals surface area contributed by atoms with E-state index in [2.05, 4.69) is 83.8 Å². The lowest BCUT2D eigenvalue weighted by atomic mass is 9.77. The minimum absolute atomic E-state index is 0.598. The van der Waals surface area contributed by atoms with Gasteiger partial charge in [0.25, 0.3) is 0 Å². The molecule has 2 heteroatoms. The molecule has 4 rings (SSSR count). The molecule has 1 aromatic heterocycles. The summed E-state index contributed by atoms with van der Waals surface area (Å²) in [5.41, 5.74) is 3.55. The number of terminal acetylenes is 1. The molecule has 0 unspecified atom stereocenters. The molecule has 0 saturated heterocycles. The van der Waals surface area contributed by atoms with E-state index in [4.69, 9.17) is 6.42 Å². The molecule has 124 valence electrons. The number of nitrogens with zero attached hydrogens (tertiary/aromatic N) is 2. The highest BCUT2D eigenvalue weighted by Gasteiger charge is 2.39. The second-order valence-electron chi connectivity index (χ2n) is 6.13. The zero-order valence-electron chi connectivity index (χ0n) is 14.3. The van der Waals surface area contributed by atoms with Crippen LogP contribution in [0.3, 0.4) is 0 Å². The summed E-state index contributed by atoms with van der Waals surface area (Å²) < 4.78 is 1.97. The van der Waals surface area contributed by atoms with Crippen LogP contribution in [0.4, 0.5) is 0 Å². The van der Waals surface area contributed by atoms with Crippen molar-refractivity contribution < 1.29 is 0 Å². The lowest BCUT2D eigenvalue weighted by Crippen LogP contribution is -2.38. The molecule has 26 heavy (non-hydrogen) atoms. The minimum Gasteiger partial charge on any atom is -0.252 e. The van der Waals surface area contributed by atoms with Crippen molar-refractivity contribution >= 4 is 0 Å². The second kappa shape index (κ2) is 6.74. The Balaban J connectivity index is 2.12. The summed E-state index contributed by atoms with van der Waals surface area (Å²) in [4.78, 5) is 0. The Labute approximate surface area is 153 Å². The van der Waals surface area contributed by atoms with E-state index in [0.29, 0.717) is 0 Å². The normalized spacial score (nSPS) is 11.0. The third kappa shape index (κ3) is 2.51. The Hall–Kier alpha value is -3.57. The molecule has 1 heterocycles. The van der Waals surface area contributed by atoms with Gasteiger partial charge in [0.2, 0.25) is 0 Å². The summed E-state index contributed by atoms with van der Waals surface area (Å²) in [6, 6.07) is 31.2. The summed E-state index contributed by atoms with van der Waals surface area (Å²) in [5.74, 6) is 2.69. The predicted molar refractivity (Wildman–Crippen MR) is 105 cm³/mol. The molecular formula is C24H18N2. The van der Waals surface area contributed by atoms with Gasteiger partial charge >= 0.3 is 0 Å². The van der Waals surface area contributed by atoms with Crippen molar-refractivity contribution in [3.63, 3.8) is 0 Å². The third-order valence-electron chi connectivity index (χ3n) is 4.67. The molecule has 0 N–H and O–H groups in total. The van der Waals surface area contributed by atoms with E-state index in [0.717, 1.165) is 22.3 Å². The van der Waals surface area contributed by atoms with Crippen molar-refractivity contribution in [2.24, 2.45) is 0 Å². The van der Waals surface area contributed by atoms with Crippen LogP contribution in [0.25, 0.3) is 0 Å². The van der Waals surface area contributed by atoms with Gasteiger partial charge in [-0.15, -0.1) is 6.42 Å². The standard InChI is InChI=1S/C24H18N2/c1-2-20-18-25-26(19-20)24(21-12-6-3-7-13-21,22-14-8-4-9-15-22)23-16-10-5-11-17-23/h1,3-19H. The number of hydrogen-bond donors (Lipinski definition) is 0. The number of aromatic nitrogens is 2. The summed E-state index contributed by atoms with van der Waals surface area (Å²) in [7, 11) is 0. The molecule has 0 amide bonds. The molecule has 0 aliphatic heterocycles. The van der Waals surface area contributed by atoms with Crippen molar-refractivity contribution in [3.8, 4) is 12.3 Å². The van der Waals surface area contributed by atoms with Gasteiger partial charge in [0.15, 0.2) is 0 Å². The van der Waals surface area contributed by atoms with Crippen molar-refractivity contribution in [2.45, 2.75) is 5.54 Å². The highest BCUT2D eigenvalue weighted by atomic mass is 15.3. The van der Waals surface area contributed by atoms with E-state index in [1.54, 1.807) is 6.20 Å². The van der Waals surface area contributed by atoms with Crippen LogP contribution in [0.5, 0.6) is 0 Å². The van der Waals surface area contributed by atoms with Gasteiger partial charge in [-0.25, -0.2) is 0 Å². The van der Waals surface area contributed by atoms with Crippen molar-refractivity contribution in [2.75, 3.05) is 0 Å². The Morgan fingerprint density at radius 2 is 1.12 bits per heavy atom. The fourth-order valence-electron chi connectivity index (χ4n) is 3.52. The van der Waals surface area contributed by atoms with Crippen LogP contribution in [0.1, 0.15) is 22.3 Å². The lowest BCUT2D eigenvalue weighted by molar-refractivity contribution is 0.460. The van der Waals surface area contributed by atoms with Gasteiger partial charge in [0.1, 0.15) is 5.54 Å². The van der Waals surface area contributed by atoms with E-state index in [-0.39, 0.29) is 0 Å². The highest BCUT2D eigenvalue weighted by Crippen LogP contribution is 2.40. The monoisotopic (exact) mass is 334 g/mol. The van der Waals surface area contributed by atoms with Crippen LogP contribution in [0.15, 0.2) is 103 Å². The van der Waals surface area contributed by atoms with Gasteiger partial charge in [-0.1, -0.05) is 96.9 Å². The molecule has 0 atom stereocenters. The van der Waals surface area contributed by atoms with Crippen LogP contribution in [-0.2, 0) is 5.54 Å². The van der Waals surface area contributed by atoms with Crippen LogP contribution in [0.2, 0.25) is 0 Å². The summed E-state index contributed by atoms with van der Waals surface area (Å²) in [5, 5.41) is 4.66. The summed E-state index contributed by atoms with van der Waals surface area (Å²) >= 11 is 0. The van der Waals surface area contributed by atoms with E-state index >= 15 is 0 Å². The van der Waals surface area contributed by atoms with Crippen LogP contribution in [-0.4, -0.2) is 9.78 Å². The van der Waals surface area contributed by atoms with Crippen molar-refractivity contribution in [3.05, 3.63) is 126 Å². The number of rotatable bonds is 4. The fourth-order valence-corrected chi connectivity index (χ4v) is 3.52. The lowest BCUT2D eigenvalue weighted by Gasteiger charge is -2.36. The Bertz CT molecular complexity index is 929. The molecule has 0 aliphatic rings. The maximum Gasteiger partial charge on any atom is 0.138 e. The maximum absolute atomic E-state index is 5.62. The third-order valence-corrected chi connectivity index (χ3v) is 4.67. The average molecular weight is 334 g/mol. The van der Waals surface area contributed by atoms with Gasteiger partial charge in [-0.05, 0) is 16.7 Å². The molecule has 0 fully saturated rings. The van der Waals surface area contributed by atoms with Gasteiger partial charge in [0, 0.05) is 6.20 Å². The molecule has 0 spiro atoms. The molecule has 0 saturated carbocycles. The molecule has 3 aromatic carbocycles. The fraction of sp³-hybridized carbons (Fsp3) is 0.0417. The average Bonchev–Trinajstić information content (AvgIpc) is 3.21. The van der Waals surface area contributed by atoms with Gasteiger partial charge < -0.3 is 0 Å². The SMILES string of the molecule is C#Cc1cnn(C(c2ccccc2)(c2ccccc2)c2ccccc2)c1. The summed E-state index contributed by atoms with van der Waals surface area (Å²) in [6.45, 7) is 0. The first-order valence-corrected chi connectivity index (χ1v) is 8.54. The highest BCUT2D eigenvalue weighted by molar-refractivity contribution is 5.50. The first-order chi connectivity index (χ1) is 12.9. The van der Waals surface area contributed by atoms with Gasteiger partial charge in [-0.3, -0.25) is 4.68 Å². The quantitative estimate of drug-likeness (QED) is 0.390. The first-order valence-electron chi connectivity index (χ1n) is 8.54. The van der Waals surface area contributed by atoms with Crippen molar-refractivity contribution in [1.82, 2.24) is 9.78 Å². The molecular weight excluding hydrogens is 316 g/mol.